The molecule has 2 atom stereocenters. The van der Waals surface area contributed by atoms with Crippen molar-refractivity contribution in [3.8, 4) is 5.75 Å². The van der Waals surface area contributed by atoms with Gasteiger partial charge in [-0.3, -0.25) is 14.3 Å². The van der Waals surface area contributed by atoms with Gasteiger partial charge in [0.15, 0.2) is 0 Å². The second-order valence-electron chi connectivity index (χ2n) is 8.99. The van der Waals surface area contributed by atoms with Crippen molar-refractivity contribution in [1.29, 1.82) is 0 Å². The molecular formula is C24H32N4O3. The Balaban J connectivity index is 1.50. The van der Waals surface area contributed by atoms with E-state index in [9.17, 15) is 9.59 Å². The van der Waals surface area contributed by atoms with Gasteiger partial charge in [-0.1, -0.05) is 18.2 Å². The molecular weight excluding hydrogens is 392 g/mol. The van der Waals surface area contributed by atoms with E-state index in [-0.39, 0.29) is 17.9 Å². The predicted molar refractivity (Wildman–Crippen MR) is 118 cm³/mol. The van der Waals surface area contributed by atoms with Crippen molar-refractivity contribution in [1.82, 2.24) is 20.0 Å². The number of fused-ring (bicyclic) bond motifs is 1. The normalized spacial score (nSPS) is 23.3. The molecule has 2 aliphatic rings. The Kier molecular flexibility index (Phi) is 5.77. The van der Waals surface area contributed by atoms with Crippen LogP contribution in [0.15, 0.2) is 24.3 Å². The molecule has 0 saturated carbocycles. The van der Waals surface area contributed by atoms with Crippen LogP contribution < -0.4 is 10.1 Å². The van der Waals surface area contributed by atoms with Gasteiger partial charge in [-0.25, -0.2) is 0 Å². The van der Waals surface area contributed by atoms with Gasteiger partial charge < -0.3 is 15.0 Å². The highest BCUT2D eigenvalue weighted by atomic mass is 16.5. The number of nitrogens with one attached hydrogen (secondary N) is 1. The Bertz CT molecular complexity index is 999. The summed E-state index contributed by atoms with van der Waals surface area (Å²) in [7, 11) is 3.78. The van der Waals surface area contributed by atoms with E-state index in [1.54, 1.807) is 4.90 Å². The van der Waals surface area contributed by atoms with E-state index in [0.29, 0.717) is 38.6 Å². The zero-order valence-electron chi connectivity index (χ0n) is 18.9. The largest absolute Gasteiger partial charge is 0.487 e. The van der Waals surface area contributed by atoms with E-state index in [1.807, 2.05) is 56.9 Å². The number of hydrogen-bond acceptors (Lipinski definition) is 4. The number of amides is 2. The van der Waals surface area contributed by atoms with Gasteiger partial charge in [0.25, 0.3) is 0 Å². The molecule has 0 aliphatic carbocycles. The molecule has 1 N–H and O–H groups in total. The maximum absolute atomic E-state index is 12.9. The van der Waals surface area contributed by atoms with Gasteiger partial charge in [0.05, 0.1) is 11.7 Å². The maximum atomic E-state index is 12.9. The standard InChI is InChI=1S/C24H32N4O3/c1-16-18(17(2)28(4)26-16)9-10-22(29)25-20-15-24(12-11-23(30)27(3)14-13-24)31-21-8-6-5-7-19(20)21/h5-8,20H,9-15H2,1-4H3,(H,25,29)/t20-,24-/m0/s1. The lowest BCUT2D eigenvalue weighted by Gasteiger charge is -2.42. The summed E-state index contributed by atoms with van der Waals surface area (Å²) in [6.45, 7) is 4.69. The summed E-state index contributed by atoms with van der Waals surface area (Å²) < 4.78 is 8.34. The first-order valence-corrected chi connectivity index (χ1v) is 11.1. The summed E-state index contributed by atoms with van der Waals surface area (Å²) in [4.78, 5) is 26.9. The molecule has 1 aromatic heterocycles. The van der Waals surface area contributed by atoms with Crippen LogP contribution in [0.5, 0.6) is 5.75 Å². The topological polar surface area (TPSA) is 76.5 Å². The molecule has 7 heteroatoms. The molecule has 166 valence electrons. The Morgan fingerprint density at radius 3 is 2.77 bits per heavy atom. The lowest BCUT2D eigenvalue weighted by atomic mass is 9.82. The van der Waals surface area contributed by atoms with E-state index in [0.717, 1.165) is 34.7 Å². The van der Waals surface area contributed by atoms with E-state index in [2.05, 4.69) is 10.4 Å². The second-order valence-corrected chi connectivity index (χ2v) is 8.99. The van der Waals surface area contributed by atoms with Gasteiger partial charge in [0.2, 0.25) is 11.8 Å². The average molecular weight is 425 g/mol. The van der Waals surface area contributed by atoms with Gasteiger partial charge >= 0.3 is 0 Å². The second kappa shape index (κ2) is 8.36. The van der Waals surface area contributed by atoms with Gasteiger partial charge in [-0.2, -0.15) is 5.10 Å². The number of para-hydroxylation sites is 1. The molecule has 2 aliphatic heterocycles. The third kappa shape index (κ3) is 4.31. The third-order valence-electron chi connectivity index (χ3n) is 6.92. The summed E-state index contributed by atoms with van der Waals surface area (Å²) in [5, 5.41) is 7.71. The molecule has 3 heterocycles. The zero-order valence-corrected chi connectivity index (χ0v) is 18.9. The molecule has 2 amide bonds. The van der Waals surface area contributed by atoms with Crippen molar-refractivity contribution >= 4 is 11.8 Å². The van der Waals surface area contributed by atoms with E-state index in [4.69, 9.17) is 4.74 Å². The number of hydrogen-bond donors (Lipinski definition) is 1. The van der Waals surface area contributed by atoms with Crippen LogP contribution in [-0.2, 0) is 23.1 Å². The number of nitrogens with zero attached hydrogens (tertiary/aromatic N) is 3. The van der Waals surface area contributed by atoms with Gasteiger partial charge in [-0.15, -0.1) is 0 Å². The number of carbonyl (C=O) groups is 2. The highest BCUT2D eigenvalue weighted by Gasteiger charge is 2.43. The molecule has 0 radical (unpaired) electrons. The summed E-state index contributed by atoms with van der Waals surface area (Å²) >= 11 is 0. The van der Waals surface area contributed by atoms with Crippen molar-refractivity contribution in [3.63, 3.8) is 0 Å². The lowest BCUT2D eigenvalue weighted by Crippen LogP contribution is -2.46. The number of benzene rings is 1. The van der Waals surface area contributed by atoms with Crippen LogP contribution in [0, 0.1) is 13.8 Å². The highest BCUT2D eigenvalue weighted by molar-refractivity contribution is 5.77. The fourth-order valence-corrected chi connectivity index (χ4v) is 4.88. The van der Waals surface area contributed by atoms with Gasteiger partial charge in [0.1, 0.15) is 11.4 Å². The average Bonchev–Trinajstić information content (AvgIpc) is 2.91. The fraction of sp³-hybridized carbons (Fsp3) is 0.542. The Morgan fingerprint density at radius 2 is 2.03 bits per heavy atom. The fourth-order valence-electron chi connectivity index (χ4n) is 4.88. The number of aryl methyl sites for hydroxylation is 2. The first kappa shape index (κ1) is 21.4. The first-order chi connectivity index (χ1) is 14.8. The highest BCUT2D eigenvalue weighted by Crippen LogP contribution is 2.44. The summed E-state index contributed by atoms with van der Waals surface area (Å²) in [6, 6.07) is 7.81. The minimum atomic E-state index is -0.427. The van der Waals surface area contributed by atoms with Crippen molar-refractivity contribution in [2.75, 3.05) is 13.6 Å². The lowest BCUT2D eigenvalue weighted by molar-refractivity contribution is -0.129. The minimum absolute atomic E-state index is 0.0290. The maximum Gasteiger partial charge on any atom is 0.222 e. The zero-order chi connectivity index (χ0) is 22.2. The smallest absolute Gasteiger partial charge is 0.222 e. The summed E-state index contributed by atoms with van der Waals surface area (Å²) in [6.07, 6.45) is 3.68. The van der Waals surface area contributed by atoms with Crippen LogP contribution in [0.3, 0.4) is 0 Å². The number of aromatic nitrogens is 2. The van der Waals surface area contributed by atoms with E-state index < -0.39 is 5.60 Å². The quantitative estimate of drug-likeness (QED) is 0.819. The number of rotatable bonds is 4. The van der Waals surface area contributed by atoms with Gasteiger partial charge in [-0.05, 0) is 38.3 Å². The van der Waals surface area contributed by atoms with Gasteiger partial charge in [0, 0.05) is 57.6 Å². The number of likely N-dealkylation sites (tertiary alicyclic amines) is 1. The molecule has 4 rings (SSSR count). The molecule has 7 nitrogen and oxygen atoms in total. The van der Waals surface area contributed by atoms with Crippen LogP contribution in [0.1, 0.15) is 60.7 Å². The Hall–Kier alpha value is -2.83. The summed E-state index contributed by atoms with van der Waals surface area (Å²) in [5.74, 6) is 0.999. The molecule has 1 spiro atoms. The molecule has 0 bridgehead atoms. The Labute approximate surface area is 183 Å². The number of ether oxygens (including phenoxy) is 1. The molecule has 0 unspecified atom stereocenters. The molecule has 1 saturated heterocycles. The van der Waals surface area contributed by atoms with Crippen LogP contribution in [-0.4, -0.2) is 45.7 Å². The SMILES string of the molecule is Cc1nn(C)c(C)c1CCC(=O)N[C@H]1C[C@@]2(CCC(=O)N(C)CC2)Oc2ccccc21. The third-order valence-corrected chi connectivity index (χ3v) is 6.92. The van der Waals surface area contributed by atoms with Crippen molar-refractivity contribution in [2.24, 2.45) is 7.05 Å². The van der Waals surface area contributed by atoms with E-state index >= 15 is 0 Å². The predicted octanol–water partition coefficient (Wildman–Crippen LogP) is 2.99. The number of carbonyl (C=O) groups excluding carboxylic acids is 2. The minimum Gasteiger partial charge on any atom is -0.487 e. The first-order valence-electron chi connectivity index (χ1n) is 11.1. The molecule has 31 heavy (non-hydrogen) atoms. The van der Waals surface area contributed by atoms with Crippen LogP contribution in [0.4, 0.5) is 0 Å². The molecule has 1 fully saturated rings. The van der Waals surface area contributed by atoms with Crippen molar-refractivity contribution in [2.45, 2.75) is 64.0 Å². The van der Waals surface area contributed by atoms with E-state index in [1.165, 1.54) is 0 Å². The Morgan fingerprint density at radius 1 is 1.26 bits per heavy atom. The molecule has 1 aromatic carbocycles. The van der Waals surface area contributed by atoms with Crippen LogP contribution >= 0.6 is 0 Å². The summed E-state index contributed by atoms with van der Waals surface area (Å²) in [5.41, 5.74) is 3.82. The molecule has 2 aromatic rings. The monoisotopic (exact) mass is 424 g/mol. The van der Waals surface area contributed by atoms with Crippen LogP contribution in [0.2, 0.25) is 0 Å². The van der Waals surface area contributed by atoms with Crippen molar-refractivity contribution in [3.05, 3.63) is 46.8 Å². The van der Waals surface area contributed by atoms with Crippen LogP contribution in [0.25, 0.3) is 0 Å². The van der Waals surface area contributed by atoms with Crippen molar-refractivity contribution < 1.29 is 14.3 Å².